The van der Waals surface area contributed by atoms with Crippen molar-refractivity contribution >= 4 is 11.0 Å². The van der Waals surface area contributed by atoms with Gasteiger partial charge in [-0.25, -0.2) is 4.98 Å². The molecule has 0 aliphatic heterocycles. The minimum atomic E-state index is -3.96. The fraction of sp³-hybridized carbons (Fsp3) is 0.263. The molecule has 0 unspecified atom stereocenters. The van der Waals surface area contributed by atoms with Crippen molar-refractivity contribution in [3.63, 3.8) is 0 Å². The molecule has 0 spiro atoms. The summed E-state index contributed by atoms with van der Waals surface area (Å²) >= 11 is 0. The molecule has 62 heavy (non-hydrogen) atoms. The molecule has 0 aliphatic rings. The molecule has 8 rings (SSSR count). The van der Waals surface area contributed by atoms with Crippen LogP contribution in [-0.4, -0.2) is 19.6 Å². The first-order valence-electron chi connectivity index (χ1n) is 30.2. The van der Waals surface area contributed by atoms with E-state index in [1.54, 1.807) is 111 Å². The van der Waals surface area contributed by atoms with Gasteiger partial charge in [0.1, 0.15) is 11.6 Å². The van der Waals surface area contributed by atoms with Crippen LogP contribution in [0.3, 0.4) is 0 Å². The molecule has 0 bridgehead atoms. The molecule has 0 radical (unpaired) electrons. The molecule has 318 valence electrons. The first kappa shape index (κ1) is 24.9. The maximum atomic E-state index is 11.5. The first-order valence-corrected chi connectivity index (χ1v) is 19.7. The number of fused-ring (bicyclic) bond motifs is 1. The van der Waals surface area contributed by atoms with Crippen molar-refractivity contribution in [1.82, 2.24) is 14.5 Å². The summed E-state index contributed by atoms with van der Waals surface area (Å²) in [6.45, 7) is -2.10. The Morgan fingerprint density at radius 3 is 2.05 bits per heavy atom. The van der Waals surface area contributed by atoms with Crippen LogP contribution >= 0.6 is 0 Å². The van der Waals surface area contributed by atoms with E-state index in [-0.39, 0.29) is 66.2 Å². The third kappa shape index (κ3) is 8.60. The molecule has 0 saturated carbocycles. The van der Waals surface area contributed by atoms with Gasteiger partial charge in [-0.15, -0.1) is 29.3 Å². The fourth-order valence-electron chi connectivity index (χ4n) is 7.46. The average Bonchev–Trinajstić information content (AvgIpc) is 1.15. The molecule has 2 aromatic heterocycles. The maximum Gasteiger partial charge on any atom is 0.148 e. The topological polar surface area (TPSA) is 50.9 Å². The van der Waals surface area contributed by atoms with Crippen LogP contribution in [0.15, 0.2) is 133 Å². The molecule has 0 atom stereocenters. The summed E-state index contributed by atoms with van der Waals surface area (Å²) in [5, 5.41) is 11.5. The summed E-state index contributed by atoms with van der Waals surface area (Å²) in [6.07, 6.45) is -0.810. The van der Waals surface area contributed by atoms with Crippen LogP contribution in [0.5, 0.6) is 5.75 Å². The summed E-state index contributed by atoms with van der Waals surface area (Å²) in [4.78, 5) is 9.46. The van der Waals surface area contributed by atoms with Gasteiger partial charge in [0.15, 0.2) is 0 Å². The number of para-hydroxylation sites is 2. The molecule has 0 fully saturated rings. The number of nitrogens with zero attached hydrogens (tertiary/aromatic N) is 3. The molecular formula is C57H58N3OPt-. The standard InChI is InChI=1S/C57H58N3O.Pt/c1-35(2)45-17-14-18-46(36(3)4)53(45)40-24-27-50(37(5)30-40)60-51-20-15-19-47(54(51)59-55(60)48-16-12-13-21-52(48)61)41-31-42(33-44(32-41)57(9,10)11)49-34-39(28-29-58-49)38-22-25-43(26-23-38)56(6,7)8;/h12-30,32-36,61H,1-11H3;/q-1;/i5D3,6D3,7D3,8D3,22D,23D,25D,26D,28D,29D,34D,35D,36D;. The Balaban J connectivity index is 0.00000990. The van der Waals surface area contributed by atoms with Gasteiger partial charge in [-0.2, -0.15) is 0 Å². The Bertz CT molecular complexity index is 3780. The summed E-state index contributed by atoms with van der Waals surface area (Å²) in [5.74, 6) is -2.36. The predicted molar refractivity (Wildman–Crippen MR) is 257 cm³/mol. The van der Waals surface area contributed by atoms with Gasteiger partial charge >= 0.3 is 0 Å². The third-order valence-corrected chi connectivity index (χ3v) is 10.6. The molecule has 8 aromatic rings. The molecule has 1 N–H and O–H groups in total. The summed E-state index contributed by atoms with van der Waals surface area (Å²) < 4.78 is 185. The van der Waals surface area contributed by atoms with Gasteiger partial charge in [-0.1, -0.05) is 159 Å². The average molecular weight is 1020 g/mol. The van der Waals surface area contributed by atoms with Crippen molar-refractivity contribution in [3.8, 4) is 67.5 Å². The minimum Gasteiger partial charge on any atom is -0.507 e. The Morgan fingerprint density at radius 2 is 1.39 bits per heavy atom. The molecule has 2 heterocycles. The predicted octanol–water partition coefficient (Wildman–Crippen LogP) is 15.4. The van der Waals surface area contributed by atoms with Crippen LogP contribution in [0.4, 0.5) is 0 Å². The van der Waals surface area contributed by atoms with E-state index >= 15 is 0 Å². The van der Waals surface area contributed by atoms with E-state index in [1.807, 2.05) is 20.8 Å². The van der Waals surface area contributed by atoms with Gasteiger partial charge < -0.3 is 5.11 Å². The van der Waals surface area contributed by atoms with Crippen molar-refractivity contribution < 1.29 is 55.0 Å². The quantitative estimate of drug-likeness (QED) is 0.154. The fourth-order valence-corrected chi connectivity index (χ4v) is 7.46. The Hall–Kier alpha value is -5.57. The molecule has 0 aliphatic carbocycles. The Morgan fingerprint density at radius 1 is 0.710 bits per heavy atom. The normalized spacial score (nSPS) is 18.1. The molecule has 4 nitrogen and oxygen atoms in total. The van der Waals surface area contributed by atoms with Crippen molar-refractivity contribution in [2.24, 2.45) is 0 Å². The zero-order chi connectivity index (χ0) is 61.3. The number of aryl methyl sites for hydroxylation is 1. The molecule has 0 amide bonds. The van der Waals surface area contributed by atoms with Gasteiger partial charge in [-0.05, 0) is 110 Å². The van der Waals surface area contributed by atoms with Crippen molar-refractivity contribution in [2.75, 3.05) is 0 Å². The second-order valence-corrected chi connectivity index (χ2v) is 16.6. The number of phenolic OH excluding ortho intramolecular Hbond substituents is 1. The number of aromatic nitrogens is 3. The second-order valence-electron chi connectivity index (χ2n) is 16.6. The second kappa shape index (κ2) is 17.3. The van der Waals surface area contributed by atoms with Crippen LogP contribution in [0.1, 0.15) is 137 Å². The third-order valence-electron chi connectivity index (χ3n) is 10.6. The summed E-state index contributed by atoms with van der Waals surface area (Å²) in [6, 6.07) is 21.9. The van der Waals surface area contributed by atoms with Gasteiger partial charge in [0, 0.05) is 52.1 Å². The largest absolute Gasteiger partial charge is 0.507 e. The molecular weight excluding hydrogens is 938 g/mol. The summed E-state index contributed by atoms with van der Waals surface area (Å²) in [7, 11) is 0. The Labute approximate surface area is 412 Å². The van der Waals surface area contributed by atoms with Gasteiger partial charge in [-0.3, -0.25) is 9.55 Å². The van der Waals surface area contributed by atoms with E-state index in [2.05, 4.69) is 11.1 Å². The van der Waals surface area contributed by atoms with Gasteiger partial charge in [0.05, 0.1) is 31.9 Å². The Kier molecular flexibility index (Phi) is 6.95. The zero-order valence-electron chi connectivity index (χ0n) is 56.3. The molecule has 6 aromatic carbocycles. The number of aromatic hydroxyl groups is 1. The number of rotatable bonds is 8. The number of pyridine rings is 1. The minimum absolute atomic E-state index is 0. The van der Waals surface area contributed by atoms with Crippen LogP contribution in [-0.2, 0) is 31.9 Å². The van der Waals surface area contributed by atoms with E-state index < -0.39 is 109 Å². The monoisotopic (exact) mass is 1020 g/mol. The van der Waals surface area contributed by atoms with Gasteiger partial charge in [0.2, 0.25) is 0 Å². The van der Waals surface area contributed by atoms with Crippen molar-refractivity contribution in [3.05, 3.63) is 167 Å². The van der Waals surface area contributed by atoms with Crippen LogP contribution in [0.2, 0.25) is 0 Å². The van der Waals surface area contributed by atoms with Gasteiger partial charge in [0.25, 0.3) is 0 Å². The van der Waals surface area contributed by atoms with E-state index in [9.17, 15) is 6.48 Å². The van der Waals surface area contributed by atoms with E-state index in [1.165, 1.54) is 12.1 Å². The number of phenols is 1. The number of hydrogen-bond acceptors (Lipinski definition) is 3. The smallest absolute Gasteiger partial charge is 0.148 e. The van der Waals surface area contributed by atoms with Crippen LogP contribution in [0, 0.1) is 12.9 Å². The first-order chi connectivity index (χ1) is 37.5. The van der Waals surface area contributed by atoms with Crippen LogP contribution in [0.25, 0.3) is 72.7 Å². The van der Waals surface area contributed by atoms with Crippen molar-refractivity contribution in [2.45, 2.75) is 98.5 Å². The molecule has 5 heteroatoms. The van der Waals surface area contributed by atoms with E-state index in [0.29, 0.717) is 44.5 Å². The molecule has 0 saturated heterocycles. The summed E-state index contributed by atoms with van der Waals surface area (Å²) in [5.41, 5.74) is -3.45. The number of benzene rings is 6. The van der Waals surface area contributed by atoms with E-state index in [4.69, 9.17) is 32.4 Å². The van der Waals surface area contributed by atoms with Crippen LogP contribution < -0.4 is 0 Å². The van der Waals surface area contributed by atoms with E-state index in [0.717, 1.165) is 0 Å². The maximum absolute atomic E-state index is 11.5. The number of hydrogen-bond donors (Lipinski definition) is 1. The zero-order valence-corrected chi connectivity index (χ0v) is 37.5. The number of imidazole rings is 1. The SMILES string of the molecule is [2H]c1nc(-c2[c-]c(-c3cccc4c3nc(-c3ccccc3O)n4-c3ccc(-c4c(C([2H])(C)C)cccc4C([2H])(C)C)cc3C([2H])([2H])[2H])cc(C(C)(C)C)c2)c([2H])c(-c2c([2H])c([2H])c(C(C([2H])([2H])[2H])(C([2H])([2H])[2H])C([2H])([2H])[2H])c([2H])c2[2H])c1[2H].[Pt]. The van der Waals surface area contributed by atoms with Crippen molar-refractivity contribution in [1.29, 1.82) is 0 Å².